The fourth-order valence-corrected chi connectivity index (χ4v) is 15.2. The molecule has 0 atom stereocenters. The first-order chi connectivity index (χ1) is 39.2. The molecule has 1 aromatic heterocycles. The van der Waals surface area contributed by atoms with Crippen molar-refractivity contribution >= 4 is 121 Å². The van der Waals surface area contributed by atoms with Crippen LogP contribution in [0.25, 0.3) is 33.4 Å². The van der Waals surface area contributed by atoms with Crippen LogP contribution in [-0.4, -0.2) is 18.4 Å². The first-order valence-electron chi connectivity index (χ1n) is 27.0. The highest BCUT2D eigenvalue weighted by Gasteiger charge is 2.48. The highest BCUT2D eigenvalue weighted by atomic mass is 32.2. The average Bonchev–Trinajstić information content (AvgIpc) is 3.67. The molecule has 0 unspecified atom stereocenters. The molecule has 5 heterocycles. The number of anilines is 9. The van der Waals surface area contributed by atoms with Crippen molar-refractivity contribution in [3.05, 3.63) is 279 Å². The Hall–Kier alpha value is -9.20. The maximum absolute atomic E-state index is 6.40. The van der Waals surface area contributed by atoms with Gasteiger partial charge < -0.3 is 4.90 Å². The number of para-hydroxylation sites is 4. The van der Waals surface area contributed by atoms with Gasteiger partial charge in [0.2, 0.25) is 0 Å². The molecule has 4 aliphatic heterocycles. The van der Waals surface area contributed by atoms with E-state index in [2.05, 4.69) is 294 Å². The van der Waals surface area contributed by atoms with E-state index in [-0.39, 0.29) is 13.4 Å². The number of hydrogen-bond donors (Lipinski definition) is 0. The summed E-state index contributed by atoms with van der Waals surface area (Å²) in [7, 11) is 0. The smallest absolute Gasteiger partial charge is 0.251 e. The van der Waals surface area contributed by atoms with Gasteiger partial charge in [-0.2, -0.15) is 0 Å². The predicted octanol–water partition coefficient (Wildman–Crippen LogP) is 15.1. The van der Waals surface area contributed by atoms with Crippen LogP contribution in [0, 0.1) is 0 Å². The Bertz CT molecular complexity index is 4310. The van der Waals surface area contributed by atoms with E-state index in [9.17, 15) is 0 Å². The minimum atomic E-state index is -0.120. The zero-order chi connectivity index (χ0) is 52.0. The highest BCUT2D eigenvalue weighted by molar-refractivity contribution is 8.00. The second-order valence-corrected chi connectivity index (χ2v) is 22.7. The van der Waals surface area contributed by atoms with Crippen molar-refractivity contribution in [3.8, 4) is 33.4 Å². The van der Waals surface area contributed by atoms with Gasteiger partial charge in [0, 0.05) is 59.1 Å². The standard InChI is InChI=1S/C71H46B2N4S2/c1-6-24-47(25-7-1)50-42-62-68-66(43-50)78-64-40-22-18-36-56(64)72(68)58-46-59-71(74-70(58)76(62)60-38-20-16-34-54(60)48-26-8-2-9-27-48)77(61-39-21-17-35-55(61)49-28-10-3-11-29-49)63-44-53(45-67-69(63)73(59)57-37-19-23-41-65(57)79-67)75(51-30-12-4-13-31-51)52-32-14-5-15-33-52/h1-46H. The van der Waals surface area contributed by atoms with Gasteiger partial charge in [0.05, 0.1) is 11.4 Å². The van der Waals surface area contributed by atoms with Gasteiger partial charge in [0.1, 0.15) is 11.6 Å². The number of pyridine rings is 1. The lowest BCUT2D eigenvalue weighted by Gasteiger charge is -2.44. The van der Waals surface area contributed by atoms with Crippen LogP contribution in [0.3, 0.4) is 0 Å². The Kier molecular flexibility index (Phi) is 10.9. The summed E-state index contributed by atoms with van der Waals surface area (Å²) in [5.74, 6) is 1.84. The molecule has 0 spiro atoms. The van der Waals surface area contributed by atoms with Crippen LogP contribution in [-0.2, 0) is 0 Å². The number of aromatic nitrogens is 1. The van der Waals surface area contributed by atoms with E-state index in [4.69, 9.17) is 4.98 Å². The molecule has 4 nitrogen and oxygen atoms in total. The molecule has 0 aliphatic carbocycles. The van der Waals surface area contributed by atoms with E-state index in [1.54, 1.807) is 0 Å². The number of benzene rings is 11. The van der Waals surface area contributed by atoms with Crippen LogP contribution < -0.4 is 47.5 Å². The summed E-state index contributed by atoms with van der Waals surface area (Å²) in [6.07, 6.45) is 0. The molecule has 0 bridgehead atoms. The lowest BCUT2D eigenvalue weighted by atomic mass is 9.32. The zero-order valence-electron chi connectivity index (χ0n) is 42.8. The summed E-state index contributed by atoms with van der Waals surface area (Å²) in [6, 6.07) is 103. The summed E-state index contributed by atoms with van der Waals surface area (Å²) in [5.41, 5.74) is 22.2. The summed E-state index contributed by atoms with van der Waals surface area (Å²) < 4.78 is 0. The van der Waals surface area contributed by atoms with E-state index in [1.165, 1.54) is 63.5 Å². The molecule has 0 fully saturated rings. The second-order valence-electron chi connectivity index (χ2n) is 20.6. The first-order valence-corrected chi connectivity index (χ1v) is 28.6. The van der Waals surface area contributed by atoms with Crippen LogP contribution in [0.15, 0.2) is 299 Å². The third-order valence-electron chi connectivity index (χ3n) is 16.1. The molecule has 0 saturated heterocycles. The summed E-state index contributed by atoms with van der Waals surface area (Å²) >= 11 is 3.78. The van der Waals surface area contributed by atoms with E-state index in [0.29, 0.717) is 0 Å². The average molecular weight is 1040 g/mol. The Morgan fingerprint density at radius 2 is 0.696 bits per heavy atom. The number of hydrogen-bond acceptors (Lipinski definition) is 6. The molecule has 8 heteroatoms. The van der Waals surface area contributed by atoms with Crippen LogP contribution >= 0.6 is 23.5 Å². The zero-order valence-corrected chi connectivity index (χ0v) is 44.5. The lowest BCUT2D eigenvalue weighted by molar-refractivity contribution is 1.13. The van der Waals surface area contributed by atoms with Gasteiger partial charge in [0.25, 0.3) is 13.4 Å². The molecule has 11 aromatic carbocycles. The third-order valence-corrected chi connectivity index (χ3v) is 18.4. The Morgan fingerprint density at radius 1 is 0.291 bits per heavy atom. The molecule has 0 radical (unpaired) electrons. The third kappa shape index (κ3) is 7.46. The lowest BCUT2D eigenvalue weighted by Crippen LogP contribution is -2.64. The molecule has 0 saturated carbocycles. The van der Waals surface area contributed by atoms with Gasteiger partial charge in [-0.3, -0.25) is 9.80 Å². The van der Waals surface area contributed by atoms with Crippen molar-refractivity contribution < 1.29 is 0 Å². The number of fused-ring (bicyclic) bond motifs is 8. The van der Waals surface area contributed by atoms with Crippen LogP contribution in [0.2, 0.25) is 0 Å². The van der Waals surface area contributed by atoms with Gasteiger partial charge in [-0.1, -0.05) is 241 Å². The SMILES string of the molecule is c1ccc(-c2cc3c4c(c2)N(c2ccccc2-c2ccccc2)c2nc5c(cc2B4c2ccccc2S3)B2c3ccccc3Sc3cc(N(c4ccccc4)c4ccccc4)cc(c32)N5c2ccccc2-c2ccccc2)cc1. The van der Waals surface area contributed by atoms with E-state index >= 15 is 0 Å². The van der Waals surface area contributed by atoms with Gasteiger partial charge in [-0.25, -0.2) is 4.98 Å². The molecule has 0 N–H and O–H groups in total. The molecule has 0 amide bonds. The Balaban J connectivity index is 1.04. The van der Waals surface area contributed by atoms with Crippen molar-refractivity contribution in [1.29, 1.82) is 0 Å². The maximum Gasteiger partial charge on any atom is 0.251 e. The van der Waals surface area contributed by atoms with Gasteiger partial charge in [0.15, 0.2) is 0 Å². The fraction of sp³-hybridized carbons (Fsp3) is 0. The molecule has 12 aromatic rings. The van der Waals surface area contributed by atoms with Crippen molar-refractivity contribution in [2.24, 2.45) is 0 Å². The van der Waals surface area contributed by atoms with Crippen molar-refractivity contribution in [2.75, 3.05) is 14.7 Å². The largest absolute Gasteiger partial charge is 0.310 e. The van der Waals surface area contributed by atoms with E-state index in [1.807, 2.05) is 23.5 Å². The summed E-state index contributed by atoms with van der Waals surface area (Å²) in [5, 5.41) is 0. The molecular formula is C71H46B2N4S2. The van der Waals surface area contributed by atoms with E-state index < -0.39 is 0 Å². The maximum atomic E-state index is 6.40. The fourth-order valence-electron chi connectivity index (χ4n) is 12.8. The number of nitrogens with zero attached hydrogens (tertiary/aromatic N) is 4. The minimum Gasteiger partial charge on any atom is -0.310 e. The molecule has 79 heavy (non-hydrogen) atoms. The van der Waals surface area contributed by atoms with Gasteiger partial charge in [-0.15, -0.1) is 0 Å². The quantitative estimate of drug-likeness (QED) is 0.141. The van der Waals surface area contributed by atoms with Gasteiger partial charge >= 0.3 is 0 Å². The van der Waals surface area contributed by atoms with Crippen LogP contribution in [0.5, 0.6) is 0 Å². The molecule has 16 rings (SSSR count). The monoisotopic (exact) mass is 1040 g/mol. The van der Waals surface area contributed by atoms with Crippen molar-refractivity contribution in [2.45, 2.75) is 19.6 Å². The molecule has 4 aliphatic rings. The van der Waals surface area contributed by atoms with Crippen LogP contribution in [0.4, 0.5) is 51.4 Å². The van der Waals surface area contributed by atoms with Gasteiger partial charge in [-0.05, 0) is 117 Å². The van der Waals surface area contributed by atoms with Crippen LogP contribution in [0.1, 0.15) is 0 Å². The number of rotatable bonds is 8. The Morgan fingerprint density at radius 3 is 1.20 bits per heavy atom. The molecule has 368 valence electrons. The Labute approximate surface area is 469 Å². The normalized spacial score (nSPS) is 13.1. The van der Waals surface area contributed by atoms with Crippen molar-refractivity contribution in [3.63, 3.8) is 0 Å². The second kappa shape index (κ2) is 18.8. The van der Waals surface area contributed by atoms with Crippen molar-refractivity contribution in [1.82, 2.24) is 4.98 Å². The highest BCUT2D eigenvalue weighted by Crippen LogP contribution is 2.51. The topological polar surface area (TPSA) is 22.6 Å². The first kappa shape index (κ1) is 45.9. The van der Waals surface area contributed by atoms with E-state index in [0.717, 1.165) is 73.7 Å². The predicted molar refractivity (Wildman–Crippen MR) is 335 cm³/mol. The minimum absolute atomic E-state index is 0.0907. The summed E-state index contributed by atoms with van der Waals surface area (Å²) in [6.45, 7) is -0.210. The summed E-state index contributed by atoms with van der Waals surface area (Å²) in [4.78, 5) is 18.9. The molecular weight excluding hydrogens is 995 g/mol.